The van der Waals surface area contributed by atoms with Crippen LogP contribution in [0.15, 0.2) is 51.9 Å². The monoisotopic (exact) mass is 301 g/mol. The maximum Gasteiger partial charge on any atom is 0.115 e. The summed E-state index contributed by atoms with van der Waals surface area (Å²) in [6, 6.07) is 13.7. The van der Waals surface area contributed by atoms with Gasteiger partial charge in [-0.25, -0.2) is 0 Å². The molecule has 3 heteroatoms. The highest BCUT2D eigenvalue weighted by Gasteiger charge is 2.15. The van der Waals surface area contributed by atoms with Crippen molar-refractivity contribution in [3.8, 4) is 5.75 Å². The number of halogens is 1. The van der Waals surface area contributed by atoms with Crippen LogP contribution in [-0.4, -0.2) is 17.4 Å². The number of phenolic OH excluding ortho intramolecular Hbond substituents is 1. The Morgan fingerprint density at radius 1 is 1.06 bits per heavy atom. The lowest BCUT2D eigenvalue weighted by Crippen LogP contribution is -2.13. The van der Waals surface area contributed by atoms with Crippen molar-refractivity contribution in [1.29, 1.82) is 0 Å². The summed E-state index contributed by atoms with van der Waals surface area (Å²) in [4.78, 5) is 4.62. The predicted octanol–water partition coefficient (Wildman–Crippen LogP) is 3.55. The zero-order chi connectivity index (χ0) is 12.5. The number of rotatable bonds is 1. The van der Waals surface area contributed by atoms with Crippen molar-refractivity contribution in [2.75, 3.05) is 6.54 Å². The van der Waals surface area contributed by atoms with Gasteiger partial charge in [0, 0.05) is 22.1 Å². The van der Waals surface area contributed by atoms with Crippen LogP contribution in [0.3, 0.4) is 0 Å². The first-order valence-corrected chi connectivity index (χ1v) is 6.66. The number of hydrogen-bond donors (Lipinski definition) is 1. The fourth-order valence-electron chi connectivity index (χ4n) is 2.25. The molecule has 2 nitrogen and oxygen atoms in total. The molecule has 3 rings (SSSR count). The second-order valence-electron chi connectivity index (χ2n) is 4.33. The number of phenols is 1. The summed E-state index contributed by atoms with van der Waals surface area (Å²) in [7, 11) is 0. The van der Waals surface area contributed by atoms with E-state index in [2.05, 4.69) is 33.1 Å². The van der Waals surface area contributed by atoms with Gasteiger partial charge in [0.1, 0.15) is 5.75 Å². The lowest BCUT2D eigenvalue weighted by molar-refractivity contribution is 0.474. The van der Waals surface area contributed by atoms with Crippen molar-refractivity contribution in [2.24, 2.45) is 4.99 Å². The van der Waals surface area contributed by atoms with Gasteiger partial charge in [0.25, 0.3) is 0 Å². The van der Waals surface area contributed by atoms with Crippen LogP contribution in [0, 0.1) is 0 Å². The van der Waals surface area contributed by atoms with E-state index in [0.717, 1.165) is 34.3 Å². The fourth-order valence-corrected chi connectivity index (χ4v) is 2.51. The van der Waals surface area contributed by atoms with Crippen LogP contribution in [0.1, 0.15) is 16.7 Å². The average Bonchev–Trinajstić information content (AvgIpc) is 2.38. The Balaban J connectivity index is 2.09. The molecule has 0 fully saturated rings. The van der Waals surface area contributed by atoms with Crippen molar-refractivity contribution < 1.29 is 5.11 Å². The molecular weight excluding hydrogens is 290 g/mol. The third-order valence-electron chi connectivity index (χ3n) is 3.11. The van der Waals surface area contributed by atoms with Crippen molar-refractivity contribution in [2.45, 2.75) is 6.42 Å². The van der Waals surface area contributed by atoms with E-state index in [-0.39, 0.29) is 0 Å². The first kappa shape index (κ1) is 11.5. The van der Waals surface area contributed by atoms with Crippen LogP contribution in [-0.2, 0) is 6.42 Å². The molecule has 0 radical (unpaired) electrons. The first-order chi connectivity index (χ1) is 8.74. The number of nitrogens with zero attached hydrogens (tertiary/aromatic N) is 1. The van der Waals surface area contributed by atoms with Crippen LogP contribution in [0.5, 0.6) is 5.75 Å². The third-order valence-corrected chi connectivity index (χ3v) is 3.64. The molecule has 0 saturated heterocycles. The Morgan fingerprint density at radius 2 is 1.83 bits per heavy atom. The molecule has 18 heavy (non-hydrogen) atoms. The summed E-state index contributed by atoms with van der Waals surface area (Å²) in [5, 5.41) is 9.54. The molecule has 0 aliphatic carbocycles. The van der Waals surface area contributed by atoms with E-state index in [1.807, 2.05) is 24.3 Å². The molecule has 0 saturated carbocycles. The molecule has 0 atom stereocenters. The summed E-state index contributed by atoms with van der Waals surface area (Å²) in [5.74, 6) is 0.325. The second-order valence-corrected chi connectivity index (χ2v) is 5.24. The van der Waals surface area contributed by atoms with Crippen LogP contribution in [0.2, 0.25) is 0 Å². The largest absolute Gasteiger partial charge is 0.508 e. The van der Waals surface area contributed by atoms with E-state index >= 15 is 0 Å². The zero-order valence-corrected chi connectivity index (χ0v) is 11.3. The van der Waals surface area contributed by atoms with Gasteiger partial charge in [-0.15, -0.1) is 0 Å². The van der Waals surface area contributed by atoms with Gasteiger partial charge in [-0.2, -0.15) is 0 Å². The zero-order valence-electron chi connectivity index (χ0n) is 9.73. The molecule has 1 heterocycles. The third kappa shape index (κ3) is 2.06. The Bertz CT molecular complexity index is 617. The molecule has 0 aromatic heterocycles. The predicted molar refractivity (Wildman–Crippen MR) is 76.5 cm³/mol. The van der Waals surface area contributed by atoms with Crippen molar-refractivity contribution in [3.63, 3.8) is 0 Å². The normalized spacial score (nSPS) is 13.9. The average molecular weight is 302 g/mol. The second kappa shape index (κ2) is 4.58. The number of aromatic hydroxyl groups is 1. The van der Waals surface area contributed by atoms with Gasteiger partial charge in [0.15, 0.2) is 0 Å². The van der Waals surface area contributed by atoms with Gasteiger partial charge in [-0.3, -0.25) is 4.99 Å². The molecule has 90 valence electrons. The molecule has 0 amide bonds. The number of aliphatic imine (C=N–C) groups is 1. The summed E-state index contributed by atoms with van der Waals surface area (Å²) < 4.78 is 1.06. The Kier molecular flexibility index (Phi) is 2.92. The molecular formula is C15H12BrNO. The summed E-state index contributed by atoms with van der Waals surface area (Å²) in [6.45, 7) is 0.780. The lowest BCUT2D eigenvalue weighted by Gasteiger charge is -2.17. The van der Waals surface area contributed by atoms with Gasteiger partial charge in [-0.05, 0) is 42.3 Å². The quantitative estimate of drug-likeness (QED) is 0.858. The smallest absolute Gasteiger partial charge is 0.115 e. The minimum atomic E-state index is 0.325. The van der Waals surface area contributed by atoms with Crippen molar-refractivity contribution >= 4 is 21.6 Å². The van der Waals surface area contributed by atoms with Crippen LogP contribution >= 0.6 is 15.9 Å². The van der Waals surface area contributed by atoms with E-state index in [9.17, 15) is 5.11 Å². The minimum absolute atomic E-state index is 0.325. The van der Waals surface area contributed by atoms with E-state index in [0.29, 0.717) is 5.75 Å². The van der Waals surface area contributed by atoms with E-state index in [4.69, 9.17) is 0 Å². The molecule has 2 aromatic rings. The highest BCUT2D eigenvalue weighted by atomic mass is 79.9. The first-order valence-electron chi connectivity index (χ1n) is 5.87. The van der Waals surface area contributed by atoms with Gasteiger partial charge in [0.05, 0.1) is 5.71 Å². The van der Waals surface area contributed by atoms with Gasteiger partial charge < -0.3 is 5.11 Å². The molecule has 2 aromatic carbocycles. The van der Waals surface area contributed by atoms with Gasteiger partial charge >= 0.3 is 0 Å². The highest BCUT2D eigenvalue weighted by molar-refractivity contribution is 9.10. The molecule has 1 aliphatic heterocycles. The summed E-state index contributed by atoms with van der Waals surface area (Å²) >= 11 is 3.44. The molecule has 1 aliphatic rings. The molecule has 0 spiro atoms. The standard InChI is InChI=1S/C15H12BrNO/c16-12-3-1-10(2-4-12)15-14-6-5-13(18)9-11(14)7-8-17-15/h1-6,9,18H,7-8H2. The number of benzene rings is 2. The van der Waals surface area contributed by atoms with Crippen molar-refractivity contribution in [1.82, 2.24) is 0 Å². The Hall–Kier alpha value is -1.61. The molecule has 0 bridgehead atoms. The van der Waals surface area contributed by atoms with E-state index in [1.165, 1.54) is 5.56 Å². The molecule has 0 unspecified atom stereocenters. The minimum Gasteiger partial charge on any atom is -0.508 e. The lowest BCUT2D eigenvalue weighted by atomic mass is 9.93. The van der Waals surface area contributed by atoms with Crippen LogP contribution in [0.25, 0.3) is 0 Å². The fraction of sp³-hybridized carbons (Fsp3) is 0.133. The van der Waals surface area contributed by atoms with Gasteiger partial charge in [0.2, 0.25) is 0 Å². The SMILES string of the molecule is Oc1ccc2c(c1)CCN=C2c1ccc(Br)cc1. The number of fused-ring (bicyclic) bond motifs is 1. The maximum atomic E-state index is 9.54. The highest BCUT2D eigenvalue weighted by Crippen LogP contribution is 2.24. The Morgan fingerprint density at radius 3 is 2.61 bits per heavy atom. The van der Waals surface area contributed by atoms with E-state index in [1.54, 1.807) is 6.07 Å². The van der Waals surface area contributed by atoms with Crippen LogP contribution in [0.4, 0.5) is 0 Å². The maximum absolute atomic E-state index is 9.54. The van der Waals surface area contributed by atoms with E-state index < -0.39 is 0 Å². The molecule has 1 N–H and O–H groups in total. The Labute approximate surface area is 114 Å². The van der Waals surface area contributed by atoms with Crippen molar-refractivity contribution in [3.05, 3.63) is 63.6 Å². The summed E-state index contributed by atoms with van der Waals surface area (Å²) in [5.41, 5.74) is 4.43. The topological polar surface area (TPSA) is 32.6 Å². The summed E-state index contributed by atoms with van der Waals surface area (Å²) in [6.07, 6.45) is 0.893. The van der Waals surface area contributed by atoms with Crippen LogP contribution < -0.4 is 0 Å². The van der Waals surface area contributed by atoms with Gasteiger partial charge in [-0.1, -0.05) is 28.1 Å². The number of hydrogen-bond acceptors (Lipinski definition) is 2.